The molecule has 1 aromatic heterocycles. The molecule has 2 heterocycles. The summed E-state index contributed by atoms with van der Waals surface area (Å²) in [5, 5.41) is 12.9. The van der Waals surface area contributed by atoms with Crippen molar-refractivity contribution < 1.29 is 32.4 Å². The van der Waals surface area contributed by atoms with Crippen LogP contribution < -0.4 is 21.3 Å². The number of fused-ring (bicyclic) bond motifs is 1. The second kappa shape index (κ2) is 16.8. The number of rotatable bonds is 16. The van der Waals surface area contributed by atoms with E-state index in [0.29, 0.717) is 13.0 Å². The van der Waals surface area contributed by atoms with Gasteiger partial charge in [0.2, 0.25) is 17.6 Å². The van der Waals surface area contributed by atoms with E-state index in [1.165, 1.54) is 22.3 Å². The van der Waals surface area contributed by atoms with Gasteiger partial charge in [-0.1, -0.05) is 79.4 Å². The Bertz CT molecular complexity index is 1580. The van der Waals surface area contributed by atoms with Gasteiger partial charge in [-0.05, 0) is 59.3 Å². The highest BCUT2D eigenvalue weighted by molar-refractivity contribution is 7.91. The summed E-state index contributed by atoms with van der Waals surface area (Å²) >= 11 is 1.14. The Morgan fingerprint density at radius 2 is 1.77 bits per heavy atom. The van der Waals surface area contributed by atoms with Crippen molar-refractivity contribution in [3.8, 4) is 0 Å². The topological polar surface area (TPSA) is 174 Å². The Morgan fingerprint density at radius 1 is 1.10 bits per heavy atom. The zero-order valence-corrected chi connectivity index (χ0v) is 33.3. The number of urea groups is 1. The van der Waals surface area contributed by atoms with Gasteiger partial charge in [0, 0.05) is 32.7 Å². The molecule has 52 heavy (non-hydrogen) atoms. The Kier molecular flexibility index (Phi) is 13.4. The number of nitrogens with one attached hydrogen (secondary N) is 4. The molecule has 4 rings (SSSR count). The van der Waals surface area contributed by atoms with E-state index < -0.39 is 69.1 Å². The van der Waals surface area contributed by atoms with Crippen molar-refractivity contribution in [2.75, 3.05) is 26.7 Å². The Balaban J connectivity index is 1.53. The van der Waals surface area contributed by atoms with Crippen LogP contribution in [0.2, 0.25) is 0 Å². The molecule has 4 N–H and O–H groups in total. The fourth-order valence-electron chi connectivity index (χ4n) is 7.98. The first-order valence-corrected chi connectivity index (χ1v) is 20.8. The van der Waals surface area contributed by atoms with E-state index in [2.05, 4.69) is 41.7 Å². The minimum Gasteiger partial charge on any atom is -0.346 e. The minimum absolute atomic E-state index is 0.0503. The molecule has 2 saturated carbocycles. The molecule has 0 aromatic carbocycles. The highest BCUT2D eigenvalue weighted by Crippen LogP contribution is 2.65. The van der Waals surface area contributed by atoms with Crippen LogP contribution >= 0.6 is 11.3 Å². The van der Waals surface area contributed by atoms with Gasteiger partial charge in [-0.3, -0.25) is 19.2 Å². The molecular formula is C37H58N6O7S2. The number of carbonyl (C=O) groups is 5. The van der Waals surface area contributed by atoms with E-state index in [4.69, 9.17) is 0 Å². The summed E-state index contributed by atoms with van der Waals surface area (Å²) in [6.07, 6.45) is 6.99. The standard InChI is InChI=1S/C37H58N6O7S2/c1-9-15-25(30(44)33(46)38-19-10-2)39-32(45)29-28-24(37(28,6)7)21-43(29)34(47)31(36(3,4)5)41-35(48)40-26(23-16-12-11-13-17-23)22-42(8)52(49,50)27-18-14-20-51-27/h10,14,18,20,23-26,28-29,31H,2,9,11-13,15-17,19,21-22H2,1,3-8H3,(H,38,46)(H,39,45)(H2,40,41,48)/t24-,25?,26+,28-,29-,31+/m0/s1. The van der Waals surface area contributed by atoms with Crippen LogP contribution in [0.4, 0.5) is 4.79 Å². The van der Waals surface area contributed by atoms with Crippen LogP contribution in [0.3, 0.4) is 0 Å². The van der Waals surface area contributed by atoms with Crippen LogP contribution in [0.15, 0.2) is 34.4 Å². The van der Waals surface area contributed by atoms with Crippen molar-refractivity contribution in [1.29, 1.82) is 0 Å². The van der Waals surface area contributed by atoms with Gasteiger partial charge in [0.1, 0.15) is 16.3 Å². The molecule has 6 atom stereocenters. The fourth-order valence-corrected chi connectivity index (χ4v) is 10.4. The SMILES string of the molecule is C=CCNC(=O)C(=O)C(CCC)NC(=O)[C@@H]1[C@@H]2[C@H](CN1C(=O)[C@@H](NC(=O)N[C@H](CN(C)S(=O)(=O)c1cccs1)C1CCCCC1)C(C)(C)C)C2(C)C. The van der Waals surface area contributed by atoms with Crippen molar-refractivity contribution in [1.82, 2.24) is 30.5 Å². The Morgan fingerprint density at radius 3 is 2.35 bits per heavy atom. The third-order valence-electron chi connectivity index (χ3n) is 11.1. The van der Waals surface area contributed by atoms with Crippen molar-refractivity contribution in [2.45, 2.75) is 115 Å². The maximum absolute atomic E-state index is 14.5. The molecule has 0 bridgehead atoms. The number of Topliss-reactive ketones (excluding diaryl/α,β-unsaturated/α-hetero) is 1. The second-order valence-corrected chi connectivity index (χ2v) is 19.5. The van der Waals surface area contributed by atoms with Crippen LogP contribution in [-0.4, -0.2) is 98.0 Å². The average Bonchev–Trinajstić information content (AvgIpc) is 3.54. The monoisotopic (exact) mass is 762 g/mol. The molecule has 1 unspecified atom stereocenters. The number of likely N-dealkylation sites (tertiary alicyclic amines) is 1. The summed E-state index contributed by atoms with van der Waals surface area (Å²) < 4.78 is 28.1. The lowest BCUT2D eigenvalue weighted by molar-refractivity contribution is -0.145. The van der Waals surface area contributed by atoms with E-state index in [-0.39, 0.29) is 46.9 Å². The molecule has 3 aliphatic rings. The maximum atomic E-state index is 14.5. The molecule has 13 nitrogen and oxygen atoms in total. The van der Waals surface area contributed by atoms with Crippen molar-refractivity contribution in [3.05, 3.63) is 30.2 Å². The van der Waals surface area contributed by atoms with Gasteiger partial charge >= 0.3 is 6.03 Å². The number of sulfonamides is 1. The number of carbonyl (C=O) groups excluding carboxylic acids is 5. The number of likely N-dealkylation sites (N-methyl/N-ethyl adjacent to an activating group) is 1. The van der Waals surface area contributed by atoms with Gasteiger partial charge in [-0.2, -0.15) is 4.31 Å². The number of piperidine rings is 1. The van der Waals surface area contributed by atoms with Crippen LogP contribution in [0.25, 0.3) is 0 Å². The van der Waals surface area contributed by atoms with Crippen LogP contribution in [0.5, 0.6) is 0 Å². The van der Waals surface area contributed by atoms with Crippen LogP contribution in [0.1, 0.15) is 86.5 Å². The maximum Gasteiger partial charge on any atom is 0.315 e. The minimum atomic E-state index is -3.75. The van der Waals surface area contributed by atoms with Gasteiger partial charge in [0.25, 0.3) is 15.9 Å². The first-order valence-electron chi connectivity index (χ1n) is 18.5. The first kappa shape index (κ1) is 41.5. The van der Waals surface area contributed by atoms with E-state index >= 15 is 0 Å². The fraction of sp³-hybridized carbons (Fsp3) is 0.703. The van der Waals surface area contributed by atoms with E-state index in [9.17, 15) is 32.4 Å². The normalized spacial score (nSPS) is 23.2. The third-order valence-corrected chi connectivity index (χ3v) is 14.3. The highest BCUT2D eigenvalue weighted by atomic mass is 32.2. The van der Waals surface area contributed by atoms with E-state index in [0.717, 1.165) is 43.4 Å². The molecular weight excluding hydrogens is 705 g/mol. The highest BCUT2D eigenvalue weighted by Gasteiger charge is 2.70. The predicted molar refractivity (Wildman–Crippen MR) is 201 cm³/mol. The zero-order valence-electron chi connectivity index (χ0n) is 31.7. The number of amides is 5. The summed E-state index contributed by atoms with van der Waals surface area (Å²) in [6, 6.07) is -0.808. The third kappa shape index (κ3) is 9.25. The van der Waals surface area contributed by atoms with Gasteiger partial charge in [-0.25, -0.2) is 13.2 Å². The molecule has 2 aliphatic carbocycles. The second-order valence-electron chi connectivity index (χ2n) is 16.2. The number of thiophene rings is 1. The smallest absolute Gasteiger partial charge is 0.315 e. The number of ketones is 1. The summed E-state index contributed by atoms with van der Waals surface area (Å²) in [5.41, 5.74) is -0.976. The molecule has 5 amide bonds. The molecule has 0 radical (unpaired) electrons. The summed E-state index contributed by atoms with van der Waals surface area (Å²) in [7, 11) is -2.24. The Hall–Kier alpha value is -3.30. The molecule has 1 aromatic rings. The van der Waals surface area contributed by atoms with Crippen molar-refractivity contribution in [2.24, 2.45) is 28.6 Å². The van der Waals surface area contributed by atoms with Crippen molar-refractivity contribution in [3.63, 3.8) is 0 Å². The summed E-state index contributed by atoms with van der Waals surface area (Å²) in [6.45, 7) is 15.5. The van der Waals surface area contributed by atoms with Gasteiger partial charge in [0.05, 0.1) is 6.04 Å². The molecule has 290 valence electrons. The summed E-state index contributed by atoms with van der Waals surface area (Å²) in [5.74, 6) is -2.54. The average molecular weight is 763 g/mol. The lowest BCUT2D eigenvalue weighted by atomic mass is 9.83. The largest absolute Gasteiger partial charge is 0.346 e. The van der Waals surface area contributed by atoms with Gasteiger partial charge in [0.15, 0.2) is 0 Å². The molecule has 1 saturated heterocycles. The van der Waals surface area contributed by atoms with Crippen LogP contribution in [0, 0.1) is 28.6 Å². The predicted octanol–water partition coefficient (Wildman–Crippen LogP) is 3.67. The molecule has 1 aliphatic heterocycles. The quantitative estimate of drug-likeness (QED) is 0.147. The van der Waals surface area contributed by atoms with E-state index in [1.54, 1.807) is 17.5 Å². The van der Waals surface area contributed by atoms with Gasteiger partial charge < -0.3 is 26.2 Å². The van der Waals surface area contributed by atoms with Crippen LogP contribution in [-0.2, 0) is 29.2 Å². The van der Waals surface area contributed by atoms with E-state index in [1.807, 2.05) is 27.7 Å². The summed E-state index contributed by atoms with van der Waals surface area (Å²) in [4.78, 5) is 69.4. The lowest BCUT2D eigenvalue weighted by Crippen LogP contribution is -2.62. The zero-order chi connectivity index (χ0) is 38.6. The van der Waals surface area contributed by atoms with Gasteiger partial charge in [-0.15, -0.1) is 17.9 Å². The number of nitrogens with zero attached hydrogens (tertiary/aromatic N) is 2. The molecule has 15 heteroatoms. The lowest BCUT2D eigenvalue weighted by Gasteiger charge is -2.38. The molecule has 0 spiro atoms. The number of hydrogen-bond donors (Lipinski definition) is 4. The Labute approximate surface area is 313 Å². The number of hydrogen-bond acceptors (Lipinski definition) is 8. The van der Waals surface area contributed by atoms with Crippen molar-refractivity contribution >= 4 is 50.9 Å². The molecule has 3 fully saturated rings. The first-order chi connectivity index (χ1) is 24.4.